The summed E-state index contributed by atoms with van der Waals surface area (Å²) in [6.45, 7) is 3.74. The van der Waals surface area contributed by atoms with E-state index in [1.165, 1.54) is 11.6 Å². The van der Waals surface area contributed by atoms with E-state index >= 15 is 0 Å². The predicted octanol–water partition coefficient (Wildman–Crippen LogP) is 3.36. The lowest BCUT2D eigenvalue weighted by Gasteiger charge is -2.21. The van der Waals surface area contributed by atoms with Crippen molar-refractivity contribution in [3.63, 3.8) is 0 Å². The second-order valence-corrected chi connectivity index (χ2v) is 8.04. The van der Waals surface area contributed by atoms with E-state index in [-0.39, 0.29) is 12.2 Å². The molecular weight excluding hydrogens is 392 g/mol. The Kier molecular flexibility index (Phi) is 7.65. The van der Waals surface area contributed by atoms with Crippen LogP contribution in [0.5, 0.6) is 0 Å². The molecular formula is C24H30N4O3. The number of hydroxylamine groups is 1. The number of aromatic nitrogens is 1. The number of benzene rings is 1. The minimum Gasteiger partial charge on any atom is -0.366 e. The Morgan fingerprint density at radius 3 is 2.87 bits per heavy atom. The standard InChI is InChI=1S/C24H30N4O3/c29-23(27-31-24-8-4-5-15-30-24)12-10-19-9-11-22(25-16-19)26-21-13-14-28(18-21)17-20-6-2-1-3-7-20/h1-3,6-7,9-12,16,21,24H,4-5,8,13-15,17-18H2,(H,25,26)(H,27,29). The smallest absolute Gasteiger partial charge is 0.267 e. The van der Waals surface area contributed by atoms with Gasteiger partial charge in [0.15, 0.2) is 6.29 Å². The highest BCUT2D eigenvalue weighted by molar-refractivity contribution is 5.90. The quantitative estimate of drug-likeness (QED) is 0.502. The summed E-state index contributed by atoms with van der Waals surface area (Å²) in [7, 11) is 0. The minimum absolute atomic E-state index is 0.319. The van der Waals surface area contributed by atoms with E-state index in [9.17, 15) is 4.79 Å². The first kappa shape index (κ1) is 21.5. The zero-order chi connectivity index (χ0) is 21.3. The third kappa shape index (κ3) is 6.89. The highest BCUT2D eigenvalue weighted by atomic mass is 16.8. The molecule has 0 saturated carbocycles. The van der Waals surface area contributed by atoms with E-state index in [1.807, 2.05) is 12.1 Å². The number of carbonyl (C=O) groups is 1. The lowest BCUT2D eigenvalue weighted by Crippen LogP contribution is -2.32. The van der Waals surface area contributed by atoms with E-state index in [1.54, 1.807) is 12.3 Å². The third-order valence-electron chi connectivity index (χ3n) is 5.52. The van der Waals surface area contributed by atoms with Crippen molar-refractivity contribution >= 4 is 17.8 Å². The molecule has 2 fully saturated rings. The summed E-state index contributed by atoms with van der Waals surface area (Å²) in [6.07, 6.45) is 8.55. The first-order chi connectivity index (χ1) is 15.2. The molecule has 0 aliphatic carbocycles. The van der Waals surface area contributed by atoms with Gasteiger partial charge in [0.05, 0.1) is 0 Å². The first-order valence-corrected chi connectivity index (χ1v) is 11.0. The molecule has 1 aromatic carbocycles. The fourth-order valence-corrected chi connectivity index (χ4v) is 3.87. The van der Waals surface area contributed by atoms with Gasteiger partial charge in [-0.05, 0) is 48.6 Å². The van der Waals surface area contributed by atoms with Crippen LogP contribution in [0.15, 0.2) is 54.7 Å². The van der Waals surface area contributed by atoms with Crippen molar-refractivity contribution < 1.29 is 14.4 Å². The normalized spacial score (nSPS) is 21.9. The monoisotopic (exact) mass is 422 g/mol. The number of ether oxygens (including phenoxy) is 1. The van der Waals surface area contributed by atoms with Crippen molar-refractivity contribution in [3.05, 3.63) is 65.9 Å². The van der Waals surface area contributed by atoms with Gasteiger partial charge >= 0.3 is 0 Å². The number of nitrogens with one attached hydrogen (secondary N) is 2. The molecule has 2 aliphatic heterocycles. The van der Waals surface area contributed by atoms with Crippen LogP contribution in [0.2, 0.25) is 0 Å². The van der Waals surface area contributed by atoms with Crippen LogP contribution in [0, 0.1) is 0 Å². The van der Waals surface area contributed by atoms with Crippen molar-refractivity contribution in [1.82, 2.24) is 15.4 Å². The van der Waals surface area contributed by atoms with Gasteiger partial charge in [-0.2, -0.15) is 0 Å². The molecule has 1 amide bonds. The summed E-state index contributed by atoms with van der Waals surface area (Å²) in [5.41, 5.74) is 4.61. The van der Waals surface area contributed by atoms with Crippen LogP contribution in [-0.4, -0.2) is 47.8 Å². The summed E-state index contributed by atoms with van der Waals surface area (Å²) in [5, 5.41) is 3.52. The molecule has 3 heterocycles. The molecule has 31 heavy (non-hydrogen) atoms. The van der Waals surface area contributed by atoms with Crippen LogP contribution in [0.4, 0.5) is 5.82 Å². The van der Waals surface area contributed by atoms with E-state index in [4.69, 9.17) is 9.57 Å². The van der Waals surface area contributed by atoms with Gasteiger partial charge in [-0.1, -0.05) is 30.3 Å². The molecule has 0 bridgehead atoms. The fourth-order valence-electron chi connectivity index (χ4n) is 3.87. The topological polar surface area (TPSA) is 75.7 Å². The number of carbonyl (C=O) groups excluding carboxylic acids is 1. The number of amides is 1. The third-order valence-corrected chi connectivity index (χ3v) is 5.52. The Morgan fingerprint density at radius 1 is 1.19 bits per heavy atom. The molecule has 164 valence electrons. The van der Waals surface area contributed by atoms with Crippen LogP contribution >= 0.6 is 0 Å². The van der Waals surface area contributed by atoms with E-state index in [2.05, 4.69) is 51.0 Å². The fraction of sp³-hybridized carbons (Fsp3) is 0.417. The van der Waals surface area contributed by atoms with Crippen molar-refractivity contribution in [2.45, 2.75) is 44.6 Å². The van der Waals surface area contributed by atoms with Gasteiger partial charge in [-0.3, -0.25) is 9.69 Å². The number of hydrogen-bond acceptors (Lipinski definition) is 6. The zero-order valence-corrected chi connectivity index (χ0v) is 17.7. The molecule has 2 atom stereocenters. The lowest BCUT2D eigenvalue weighted by molar-refractivity contribution is -0.198. The average molecular weight is 423 g/mol. The van der Waals surface area contributed by atoms with Crippen LogP contribution in [0.3, 0.4) is 0 Å². The predicted molar refractivity (Wildman–Crippen MR) is 120 cm³/mol. The lowest BCUT2D eigenvalue weighted by atomic mass is 10.2. The maximum Gasteiger partial charge on any atom is 0.267 e. The second-order valence-electron chi connectivity index (χ2n) is 8.04. The molecule has 4 rings (SSSR count). The highest BCUT2D eigenvalue weighted by Crippen LogP contribution is 2.17. The average Bonchev–Trinajstić information content (AvgIpc) is 3.25. The SMILES string of the molecule is O=C(C=Cc1ccc(NC2CCN(Cc3ccccc3)C2)nc1)NOC1CCCCO1. The van der Waals surface area contributed by atoms with Crippen molar-refractivity contribution in [2.24, 2.45) is 0 Å². The largest absolute Gasteiger partial charge is 0.366 e. The first-order valence-electron chi connectivity index (χ1n) is 11.0. The Morgan fingerprint density at radius 2 is 2.10 bits per heavy atom. The molecule has 7 heteroatoms. The van der Waals surface area contributed by atoms with E-state index < -0.39 is 0 Å². The zero-order valence-electron chi connectivity index (χ0n) is 17.7. The Labute approximate surface area is 183 Å². The van der Waals surface area contributed by atoms with Crippen molar-refractivity contribution in [1.29, 1.82) is 0 Å². The van der Waals surface area contributed by atoms with Crippen LogP contribution in [0.1, 0.15) is 36.8 Å². The highest BCUT2D eigenvalue weighted by Gasteiger charge is 2.22. The molecule has 1 aromatic heterocycles. The molecule has 0 spiro atoms. The molecule has 7 nitrogen and oxygen atoms in total. The van der Waals surface area contributed by atoms with E-state index in [0.717, 1.165) is 56.7 Å². The van der Waals surface area contributed by atoms with Crippen LogP contribution in [0.25, 0.3) is 6.08 Å². The Hall–Kier alpha value is -2.74. The Balaban J connectivity index is 1.19. The molecule has 2 aliphatic rings. The Bertz CT molecular complexity index is 851. The number of anilines is 1. The number of pyridine rings is 1. The number of likely N-dealkylation sites (tertiary alicyclic amines) is 1. The van der Waals surface area contributed by atoms with Crippen LogP contribution < -0.4 is 10.8 Å². The molecule has 2 unspecified atom stereocenters. The van der Waals surface area contributed by atoms with Gasteiger partial charge in [0.1, 0.15) is 5.82 Å². The maximum absolute atomic E-state index is 11.9. The van der Waals surface area contributed by atoms with Gasteiger partial charge in [-0.15, -0.1) is 0 Å². The molecule has 2 aromatic rings. The van der Waals surface area contributed by atoms with Crippen molar-refractivity contribution in [2.75, 3.05) is 25.0 Å². The summed E-state index contributed by atoms with van der Waals surface area (Å²) in [4.78, 5) is 24.1. The van der Waals surface area contributed by atoms with Gasteiger partial charge in [-0.25, -0.2) is 15.3 Å². The summed E-state index contributed by atoms with van der Waals surface area (Å²) in [5.74, 6) is 0.534. The van der Waals surface area contributed by atoms with Crippen molar-refractivity contribution in [3.8, 4) is 0 Å². The number of hydrogen-bond donors (Lipinski definition) is 2. The van der Waals surface area contributed by atoms with Gasteiger partial charge in [0.2, 0.25) is 0 Å². The van der Waals surface area contributed by atoms with E-state index in [0.29, 0.717) is 12.6 Å². The number of rotatable bonds is 8. The minimum atomic E-state index is -0.350. The van der Waals surface area contributed by atoms with Gasteiger partial charge in [0.25, 0.3) is 5.91 Å². The summed E-state index contributed by atoms with van der Waals surface area (Å²) >= 11 is 0. The molecule has 0 radical (unpaired) electrons. The maximum atomic E-state index is 11.9. The summed E-state index contributed by atoms with van der Waals surface area (Å²) in [6, 6.07) is 14.9. The van der Waals surface area contributed by atoms with Gasteiger partial charge < -0.3 is 10.1 Å². The second kappa shape index (κ2) is 11.0. The molecule has 2 saturated heterocycles. The summed E-state index contributed by atoms with van der Waals surface area (Å²) < 4.78 is 5.41. The van der Waals surface area contributed by atoms with Gasteiger partial charge in [0, 0.05) is 51.0 Å². The number of nitrogens with zero attached hydrogens (tertiary/aromatic N) is 2. The molecule has 2 N–H and O–H groups in total. The van der Waals surface area contributed by atoms with Crippen LogP contribution in [-0.2, 0) is 20.9 Å².